The number of thioether (sulfide) groups is 1. The summed E-state index contributed by atoms with van der Waals surface area (Å²) in [5.41, 5.74) is 1.05. The van der Waals surface area contributed by atoms with Gasteiger partial charge in [-0.15, -0.1) is 11.3 Å². The van der Waals surface area contributed by atoms with E-state index < -0.39 is 0 Å². The Hall–Kier alpha value is -1.61. The molecule has 0 aliphatic heterocycles. The second kappa shape index (κ2) is 8.39. The second-order valence-corrected chi connectivity index (χ2v) is 8.06. The van der Waals surface area contributed by atoms with E-state index >= 15 is 0 Å². The Bertz CT molecular complexity index is 929. The summed E-state index contributed by atoms with van der Waals surface area (Å²) in [5.74, 6) is 0.457. The zero-order valence-electron chi connectivity index (χ0n) is 14.0. The number of thiazole rings is 1. The van der Waals surface area contributed by atoms with Gasteiger partial charge in [0.2, 0.25) is 5.91 Å². The van der Waals surface area contributed by atoms with Gasteiger partial charge in [-0.05, 0) is 25.3 Å². The van der Waals surface area contributed by atoms with Gasteiger partial charge in [-0.25, -0.2) is 15.0 Å². The third-order valence-corrected chi connectivity index (χ3v) is 6.23. The number of carbonyl (C=O) groups excluding carboxylic acids is 1. The zero-order chi connectivity index (χ0) is 18.7. The number of hydrogen-bond acceptors (Lipinski definition) is 7. The predicted molar refractivity (Wildman–Crippen MR) is 110 cm³/mol. The lowest BCUT2D eigenvalue weighted by Crippen LogP contribution is -2.34. The van der Waals surface area contributed by atoms with E-state index in [2.05, 4.69) is 20.3 Å². The highest BCUT2D eigenvalue weighted by atomic mass is 35.5. The van der Waals surface area contributed by atoms with Crippen molar-refractivity contribution in [3.63, 3.8) is 0 Å². The molecule has 0 aliphatic carbocycles. The van der Waals surface area contributed by atoms with Crippen LogP contribution in [0.1, 0.15) is 6.92 Å². The Morgan fingerprint density at radius 2 is 2.04 bits per heavy atom. The molecule has 2 aromatic heterocycles. The van der Waals surface area contributed by atoms with Crippen molar-refractivity contribution in [2.45, 2.75) is 11.3 Å². The van der Waals surface area contributed by atoms with Gasteiger partial charge in [-0.1, -0.05) is 41.0 Å². The van der Waals surface area contributed by atoms with E-state index in [4.69, 9.17) is 23.2 Å². The number of nitrogens with zero attached hydrogens (tertiary/aromatic N) is 4. The van der Waals surface area contributed by atoms with Crippen molar-refractivity contribution in [2.75, 3.05) is 29.6 Å². The van der Waals surface area contributed by atoms with E-state index in [9.17, 15) is 4.79 Å². The van der Waals surface area contributed by atoms with Gasteiger partial charge in [0.25, 0.3) is 0 Å². The number of nitrogens with one attached hydrogen (secondary N) is 1. The van der Waals surface area contributed by atoms with Crippen molar-refractivity contribution in [3.8, 4) is 0 Å². The standard InChI is InChI=1S/C16H15Cl2N5OS2/c1-3-23(7-11(24)21-12-9(17)5-4-6-10(12)18)15-13-14(19-8-20-15)22-16(25-2)26-13/h4-6,8H,3,7H2,1-2H3,(H,21,24). The fourth-order valence-corrected chi connectivity index (χ4v) is 4.36. The van der Waals surface area contributed by atoms with Crippen molar-refractivity contribution >= 4 is 74.1 Å². The van der Waals surface area contributed by atoms with Gasteiger partial charge in [-0.2, -0.15) is 0 Å². The lowest BCUT2D eigenvalue weighted by Gasteiger charge is -2.21. The van der Waals surface area contributed by atoms with E-state index in [-0.39, 0.29) is 12.5 Å². The molecule has 0 fully saturated rings. The zero-order valence-corrected chi connectivity index (χ0v) is 17.1. The van der Waals surface area contributed by atoms with Crippen LogP contribution in [0.3, 0.4) is 0 Å². The number of fused-ring (bicyclic) bond motifs is 1. The summed E-state index contributed by atoms with van der Waals surface area (Å²) < 4.78 is 1.77. The molecule has 0 unspecified atom stereocenters. The second-order valence-electron chi connectivity index (χ2n) is 5.19. The quantitative estimate of drug-likeness (QED) is 0.580. The van der Waals surface area contributed by atoms with Crippen molar-refractivity contribution in [1.82, 2.24) is 15.0 Å². The lowest BCUT2D eigenvalue weighted by molar-refractivity contribution is -0.115. The minimum absolute atomic E-state index is 0.108. The minimum Gasteiger partial charge on any atom is -0.346 e. The molecule has 1 N–H and O–H groups in total. The number of anilines is 2. The molecule has 0 aliphatic rings. The largest absolute Gasteiger partial charge is 0.346 e. The van der Waals surface area contributed by atoms with Gasteiger partial charge in [0.05, 0.1) is 22.3 Å². The number of amides is 1. The van der Waals surface area contributed by atoms with E-state index in [1.165, 1.54) is 17.7 Å². The molecule has 0 bridgehead atoms. The fraction of sp³-hybridized carbons (Fsp3) is 0.250. The summed E-state index contributed by atoms with van der Waals surface area (Å²) in [7, 11) is 0. The molecule has 1 amide bonds. The Morgan fingerprint density at radius 1 is 1.31 bits per heavy atom. The summed E-state index contributed by atoms with van der Waals surface area (Å²) in [6.07, 6.45) is 3.43. The normalized spacial score (nSPS) is 10.9. The van der Waals surface area contributed by atoms with Crippen LogP contribution in [0.4, 0.5) is 11.5 Å². The summed E-state index contributed by atoms with van der Waals surface area (Å²) in [5, 5.41) is 3.56. The number of aromatic nitrogens is 3. The molecular formula is C16H15Cl2N5OS2. The van der Waals surface area contributed by atoms with Crippen LogP contribution in [0.15, 0.2) is 28.9 Å². The third kappa shape index (κ3) is 4.03. The molecule has 0 saturated heterocycles. The van der Waals surface area contributed by atoms with E-state index in [0.717, 1.165) is 9.04 Å². The number of rotatable bonds is 6. The summed E-state index contributed by atoms with van der Waals surface area (Å²) >= 11 is 15.3. The van der Waals surface area contributed by atoms with Gasteiger partial charge in [-0.3, -0.25) is 4.79 Å². The average Bonchev–Trinajstić information content (AvgIpc) is 3.06. The number of likely N-dealkylation sites (N-methyl/N-ethyl adjacent to an activating group) is 1. The molecule has 3 rings (SSSR count). The fourth-order valence-electron chi connectivity index (χ4n) is 2.34. The number of para-hydroxylation sites is 1. The van der Waals surface area contributed by atoms with Gasteiger partial charge < -0.3 is 10.2 Å². The van der Waals surface area contributed by atoms with Crippen LogP contribution in [0.25, 0.3) is 10.3 Å². The van der Waals surface area contributed by atoms with Crippen molar-refractivity contribution in [2.24, 2.45) is 0 Å². The summed E-state index contributed by atoms with van der Waals surface area (Å²) in [4.78, 5) is 27.4. The van der Waals surface area contributed by atoms with E-state index in [0.29, 0.717) is 33.7 Å². The molecule has 0 spiro atoms. The number of halogens is 2. The first kappa shape index (κ1) is 19.2. The molecule has 2 heterocycles. The van der Waals surface area contributed by atoms with Gasteiger partial charge in [0.1, 0.15) is 11.0 Å². The highest BCUT2D eigenvalue weighted by Crippen LogP contribution is 2.33. The maximum Gasteiger partial charge on any atom is 0.244 e. The summed E-state index contributed by atoms with van der Waals surface area (Å²) in [6, 6.07) is 5.08. The maximum absolute atomic E-state index is 12.5. The van der Waals surface area contributed by atoms with Crippen LogP contribution in [0, 0.1) is 0 Å². The smallest absolute Gasteiger partial charge is 0.244 e. The van der Waals surface area contributed by atoms with Crippen molar-refractivity contribution < 1.29 is 4.79 Å². The average molecular weight is 428 g/mol. The van der Waals surface area contributed by atoms with Crippen LogP contribution in [-0.2, 0) is 4.79 Å². The van der Waals surface area contributed by atoms with Crippen LogP contribution >= 0.6 is 46.3 Å². The molecule has 0 saturated carbocycles. The highest BCUT2D eigenvalue weighted by Gasteiger charge is 2.18. The van der Waals surface area contributed by atoms with Crippen LogP contribution in [0.5, 0.6) is 0 Å². The molecule has 26 heavy (non-hydrogen) atoms. The Labute approximate surface area is 168 Å². The summed E-state index contributed by atoms with van der Waals surface area (Å²) in [6.45, 7) is 2.67. The van der Waals surface area contributed by atoms with Gasteiger partial charge >= 0.3 is 0 Å². The Balaban J connectivity index is 1.84. The highest BCUT2D eigenvalue weighted by molar-refractivity contribution is 8.00. The molecule has 0 radical (unpaired) electrons. The number of benzene rings is 1. The van der Waals surface area contributed by atoms with Gasteiger partial charge in [0.15, 0.2) is 15.8 Å². The van der Waals surface area contributed by atoms with Crippen LogP contribution < -0.4 is 10.2 Å². The van der Waals surface area contributed by atoms with Crippen molar-refractivity contribution in [3.05, 3.63) is 34.6 Å². The molecule has 10 heteroatoms. The van der Waals surface area contributed by atoms with Crippen molar-refractivity contribution in [1.29, 1.82) is 0 Å². The Morgan fingerprint density at radius 3 is 2.69 bits per heavy atom. The molecule has 6 nitrogen and oxygen atoms in total. The SMILES string of the molecule is CCN(CC(=O)Nc1c(Cl)cccc1Cl)c1ncnc2nc(SC)sc12. The topological polar surface area (TPSA) is 71.0 Å². The first-order chi connectivity index (χ1) is 12.5. The Kier molecular flexibility index (Phi) is 6.18. The van der Waals surface area contributed by atoms with E-state index in [1.54, 1.807) is 30.0 Å². The number of hydrogen-bond donors (Lipinski definition) is 1. The van der Waals surface area contributed by atoms with E-state index in [1.807, 2.05) is 18.1 Å². The predicted octanol–water partition coefficient (Wildman–Crippen LogP) is 4.58. The maximum atomic E-state index is 12.5. The molecule has 136 valence electrons. The first-order valence-corrected chi connectivity index (χ1v) is 10.5. The van der Waals surface area contributed by atoms with Gasteiger partial charge in [0, 0.05) is 6.54 Å². The van der Waals surface area contributed by atoms with Crippen LogP contribution in [-0.4, -0.2) is 40.2 Å². The number of carbonyl (C=O) groups is 1. The first-order valence-electron chi connectivity index (χ1n) is 7.67. The monoisotopic (exact) mass is 427 g/mol. The third-order valence-electron chi connectivity index (χ3n) is 3.57. The lowest BCUT2D eigenvalue weighted by atomic mass is 10.3. The molecular weight excluding hydrogens is 413 g/mol. The molecule has 3 aromatic rings. The molecule has 0 atom stereocenters. The van der Waals surface area contributed by atoms with Crippen LogP contribution in [0.2, 0.25) is 10.0 Å². The minimum atomic E-state index is -0.233. The molecule has 1 aromatic carbocycles.